The zero-order valence-electron chi connectivity index (χ0n) is 13.4. The predicted octanol–water partition coefficient (Wildman–Crippen LogP) is 3.44. The normalized spacial score (nSPS) is 15.7. The van der Waals surface area contributed by atoms with Crippen LogP contribution in [0, 0.1) is 0 Å². The number of carbonyl (C=O) groups is 1. The summed E-state index contributed by atoms with van der Waals surface area (Å²) in [6.45, 7) is 5.11. The highest BCUT2D eigenvalue weighted by Gasteiger charge is 2.22. The second kappa shape index (κ2) is 7.60. The first-order valence-electron chi connectivity index (χ1n) is 8.33. The first-order valence-corrected chi connectivity index (χ1v) is 8.33. The Morgan fingerprint density at radius 2 is 2.19 bits per heavy atom. The van der Waals surface area contributed by atoms with E-state index in [1.165, 1.54) is 11.1 Å². The first kappa shape index (κ1) is 16.0. The Hall–Kier alpha value is -1.35. The largest absolute Gasteiger partial charge is 0.327 e. The number of fused-ring (bicyclic) bond motifs is 1. The third-order valence-electron chi connectivity index (χ3n) is 4.33. The fourth-order valence-electron chi connectivity index (χ4n) is 2.95. The van der Waals surface area contributed by atoms with Gasteiger partial charge in [-0.3, -0.25) is 4.79 Å². The van der Waals surface area contributed by atoms with Gasteiger partial charge in [0.25, 0.3) is 0 Å². The minimum atomic E-state index is 0.230. The molecule has 1 aliphatic heterocycles. The summed E-state index contributed by atoms with van der Waals surface area (Å²) in [6.07, 6.45) is 6.77. The summed E-state index contributed by atoms with van der Waals surface area (Å²) < 4.78 is 0. The van der Waals surface area contributed by atoms with Gasteiger partial charge in [-0.05, 0) is 49.3 Å². The summed E-state index contributed by atoms with van der Waals surface area (Å²) in [7, 11) is 0. The van der Waals surface area contributed by atoms with Crippen molar-refractivity contribution in [2.45, 2.75) is 64.8 Å². The van der Waals surface area contributed by atoms with Crippen LogP contribution in [0.5, 0.6) is 0 Å². The number of carbonyl (C=O) groups excluding carboxylic acids is 1. The molecule has 1 atom stereocenters. The molecule has 1 aromatic carbocycles. The highest BCUT2D eigenvalue weighted by Crippen LogP contribution is 2.29. The third-order valence-corrected chi connectivity index (χ3v) is 4.33. The molecule has 0 saturated carbocycles. The zero-order chi connectivity index (χ0) is 15.2. The van der Waals surface area contributed by atoms with Crippen molar-refractivity contribution < 1.29 is 4.79 Å². The van der Waals surface area contributed by atoms with Crippen LogP contribution >= 0.6 is 0 Å². The molecule has 0 radical (unpaired) electrons. The predicted molar refractivity (Wildman–Crippen MR) is 88.6 cm³/mol. The van der Waals surface area contributed by atoms with E-state index in [2.05, 4.69) is 32.0 Å². The van der Waals surface area contributed by atoms with Gasteiger partial charge >= 0.3 is 0 Å². The molecule has 1 heterocycles. The first-order chi connectivity index (χ1) is 10.2. The monoisotopic (exact) mass is 288 g/mol. The van der Waals surface area contributed by atoms with Crippen LogP contribution in [0.1, 0.15) is 57.1 Å². The average Bonchev–Trinajstić information content (AvgIpc) is 2.51. The molecule has 1 aliphatic rings. The minimum absolute atomic E-state index is 0.230. The fraction of sp³-hybridized carbons (Fsp3) is 0.611. The van der Waals surface area contributed by atoms with Crippen LogP contribution in [-0.2, 0) is 17.6 Å². The number of aryl methyl sites for hydroxylation is 1. The lowest BCUT2D eigenvalue weighted by atomic mass is 9.96. The van der Waals surface area contributed by atoms with E-state index < -0.39 is 0 Å². The van der Waals surface area contributed by atoms with Crippen molar-refractivity contribution in [3.05, 3.63) is 29.3 Å². The molecule has 0 saturated heterocycles. The lowest BCUT2D eigenvalue weighted by Gasteiger charge is -2.30. The Balaban J connectivity index is 2.14. The Morgan fingerprint density at radius 1 is 1.38 bits per heavy atom. The molecule has 0 aromatic heterocycles. The lowest BCUT2D eigenvalue weighted by Crippen LogP contribution is -2.35. The molecule has 0 aliphatic carbocycles. The number of nitrogens with zero attached hydrogens (tertiary/aromatic N) is 1. The Labute approximate surface area is 128 Å². The highest BCUT2D eigenvalue weighted by atomic mass is 16.2. The van der Waals surface area contributed by atoms with E-state index in [0.29, 0.717) is 6.42 Å². The summed E-state index contributed by atoms with van der Waals surface area (Å²) in [5.74, 6) is 0.274. The van der Waals surface area contributed by atoms with E-state index in [1.807, 2.05) is 4.90 Å². The number of benzene rings is 1. The molecule has 21 heavy (non-hydrogen) atoms. The average molecular weight is 288 g/mol. The second-order valence-corrected chi connectivity index (χ2v) is 6.09. The topological polar surface area (TPSA) is 46.3 Å². The van der Waals surface area contributed by atoms with Crippen molar-refractivity contribution in [2.24, 2.45) is 5.73 Å². The fourth-order valence-corrected chi connectivity index (χ4v) is 2.95. The molecule has 116 valence electrons. The van der Waals surface area contributed by atoms with E-state index >= 15 is 0 Å². The summed E-state index contributed by atoms with van der Waals surface area (Å²) >= 11 is 0. The molecule has 0 bridgehead atoms. The third kappa shape index (κ3) is 4.07. The van der Waals surface area contributed by atoms with E-state index in [-0.39, 0.29) is 11.9 Å². The van der Waals surface area contributed by atoms with Gasteiger partial charge in [-0.1, -0.05) is 32.4 Å². The van der Waals surface area contributed by atoms with Crippen LogP contribution in [0.2, 0.25) is 0 Å². The molecule has 2 rings (SSSR count). The molecule has 1 amide bonds. The van der Waals surface area contributed by atoms with E-state index in [9.17, 15) is 4.79 Å². The minimum Gasteiger partial charge on any atom is -0.327 e. The zero-order valence-corrected chi connectivity index (χ0v) is 13.4. The Kier molecular flexibility index (Phi) is 5.80. The molecule has 0 spiro atoms. The van der Waals surface area contributed by atoms with Gasteiger partial charge in [0.1, 0.15) is 0 Å². The van der Waals surface area contributed by atoms with Crippen LogP contribution in [0.25, 0.3) is 0 Å². The van der Waals surface area contributed by atoms with E-state index in [0.717, 1.165) is 50.8 Å². The molecular formula is C18H28N2O. The standard InChI is InChI=1S/C18H28N2O/c1-3-5-8-18(21)20-11-6-7-15-12-14(9-10-17(15)20)13-16(19)4-2/h9-10,12,16H,3-8,11,13,19H2,1-2H3. The van der Waals surface area contributed by atoms with Gasteiger partial charge in [0.15, 0.2) is 0 Å². The van der Waals surface area contributed by atoms with Gasteiger partial charge in [-0.2, -0.15) is 0 Å². The number of rotatable bonds is 6. The summed E-state index contributed by atoms with van der Waals surface area (Å²) in [5.41, 5.74) is 9.78. The number of anilines is 1. The lowest BCUT2D eigenvalue weighted by molar-refractivity contribution is -0.118. The highest BCUT2D eigenvalue weighted by molar-refractivity contribution is 5.94. The van der Waals surface area contributed by atoms with Gasteiger partial charge in [0, 0.05) is 24.7 Å². The molecule has 3 nitrogen and oxygen atoms in total. The Bertz CT molecular complexity index is 484. The van der Waals surface area contributed by atoms with Gasteiger partial charge in [-0.25, -0.2) is 0 Å². The van der Waals surface area contributed by atoms with Crippen molar-refractivity contribution in [3.8, 4) is 0 Å². The molecule has 1 unspecified atom stereocenters. The molecule has 1 aromatic rings. The summed E-state index contributed by atoms with van der Waals surface area (Å²) in [6, 6.07) is 6.74. The number of hydrogen-bond donors (Lipinski definition) is 1. The van der Waals surface area contributed by atoms with Crippen molar-refractivity contribution in [3.63, 3.8) is 0 Å². The second-order valence-electron chi connectivity index (χ2n) is 6.09. The van der Waals surface area contributed by atoms with Crippen molar-refractivity contribution >= 4 is 11.6 Å². The Morgan fingerprint density at radius 3 is 2.90 bits per heavy atom. The van der Waals surface area contributed by atoms with Crippen LogP contribution in [0.4, 0.5) is 5.69 Å². The van der Waals surface area contributed by atoms with Gasteiger partial charge < -0.3 is 10.6 Å². The quantitative estimate of drug-likeness (QED) is 0.871. The molecule has 3 heteroatoms. The van der Waals surface area contributed by atoms with Crippen LogP contribution < -0.4 is 10.6 Å². The maximum absolute atomic E-state index is 12.3. The SMILES string of the molecule is CCCCC(=O)N1CCCc2cc(CC(N)CC)ccc21. The molecule has 2 N–H and O–H groups in total. The summed E-state index contributed by atoms with van der Waals surface area (Å²) in [5, 5.41) is 0. The van der Waals surface area contributed by atoms with Crippen molar-refractivity contribution in [1.82, 2.24) is 0 Å². The van der Waals surface area contributed by atoms with Gasteiger partial charge in [0.2, 0.25) is 5.91 Å². The number of nitrogens with two attached hydrogens (primary N) is 1. The number of hydrogen-bond acceptors (Lipinski definition) is 2. The molecular weight excluding hydrogens is 260 g/mol. The smallest absolute Gasteiger partial charge is 0.226 e. The van der Waals surface area contributed by atoms with Gasteiger partial charge in [0.05, 0.1) is 0 Å². The van der Waals surface area contributed by atoms with E-state index in [1.54, 1.807) is 0 Å². The van der Waals surface area contributed by atoms with E-state index in [4.69, 9.17) is 5.73 Å². The maximum atomic E-state index is 12.3. The van der Waals surface area contributed by atoms with Gasteiger partial charge in [-0.15, -0.1) is 0 Å². The van der Waals surface area contributed by atoms with Crippen LogP contribution in [0.15, 0.2) is 18.2 Å². The van der Waals surface area contributed by atoms with Crippen LogP contribution in [0.3, 0.4) is 0 Å². The summed E-state index contributed by atoms with van der Waals surface area (Å²) in [4.78, 5) is 14.3. The van der Waals surface area contributed by atoms with Crippen LogP contribution in [-0.4, -0.2) is 18.5 Å². The van der Waals surface area contributed by atoms with Crippen molar-refractivity contribution in [1.29, 1.82) is 0 Å². The molecule has 0 fully saturated rings. The maximum Gasteiger partial charge on any atom is 0.226 e. The number of amides is 1. The van der Waals surface area contributed by atoms with Crippen molar-refractivity contribution in [2.75, 3.05) is 11.4 Å². The number of unbranched alkanes of at least 4 members (excludes halogenated alkanes) is 1.